The van der Waals surface area contributed by atoms with Gasteiger partial charge in [0.25, 0.3) is 0 Å². The number of nitrogens with zero attached hydrogens (tertiary/aromatic N) is 1. The van der Waals surface area contributed by atoms with Crippen molar-refractivity contribution >= 4 is 5.91 Å². The third kappa shape index (κ3) is 4.07. The number of carbonyl (C=O) groups is 1. The summed E-state index contributed by atoms with van der Waals surface area (Å²) >= 11 is 0. The molecule has 1 aromatic rings. The van der Waals surface area contributed by atoms with E-state index in [9.17, 15) is 9.90 Å². The second-order valence-electron chi connectivity index (χ2n) is 5.96. The Bertz CT molecular complexity index is 456. The van der Waals surface area contributed by atoms with Crippen LogP contribution in [-0.4, -0.2) is 34.6 Å². The maximum Gasteiger partial charge on any atom is 0.223 e. The molecule has 2 rings (SSSR count). The average molecular weight is 275 g/mol. The summed E-state index contributed by atoms with van der Waals surface area (Å²) in [5.41, 5.74) is 2.47. The zero-order valence-electron chi connectivity index (χ0n) is 12.5. The molecule has 3 heteroatoms. The molecule has 2 unspecified atom stereocenters. The lowest BCUT2D eigenvalue weighted by atomic mass is 10.1. The van der Waals surface area contributed by atoms with Crippen molar-refractivity contribution in [1.82, 2.24) is 4.90 Å². The van der Waals surface area contributed by atoms with Crippen molar-refractivity contribution in [2.75, 3.05) is 6.54 Å². The molecule has 110 valence electrons. The topological polar surface area (TPSA) is 40.5 Å². The summed E-state index contributed by atoms with van der Waals surface area (Å²) in [5, 5.41) is 9.51. The van der Waals surface area contributed by atoms with E-state index in [4.69, 9.17) is 0 Å². The fourth-order valence-corrected chi connectivity index (χ4v) is 3.07. The molecular formula is C17H25NO2. The van der Waals surface area contributed by atoms with Crippen LogP contribution in [0.25, 0.3) is 0 Å². The first-order valence-corrected chi connectivity index (χ1v) is 7.59. The van der Waals surface area contributed by atoms with E-state index in [0.717, 1.165) is 25.8 Å². The number of amides is 1. The number of aliphatic hydroxyl groups is 1. The smallest absolute Gasteiger partial charge is 0.223 e. The zero-order chi connectivity index (χ0) is 14.5. The van der Waals surface area contributed by atoms with E-state index in [1.807, 2.05) is 11.0 Å². The minimum Gasteiger partial charge on any atom is -0.393 e. The van der Waals surface area contributed by atoms with E-state index in [0.29, 0.717) is 12.8 Å². The summed E-state index contributed by atoms with van der Waals surface area (Å²) in [5.74, 6) is 0.231. The van der Waals surface area contributed by atoms with E-state index in [1.165, 1.54) is 11.1 Å². The molecule has 0 spiro atoms. The third-order valence-electron chi connectivity index (χ3n) is 4.02. The number of benzene rings is 1. The van der Waals surface area contributed by atoms with Crippen molar-refractivity contribution in [3.8, 4) is 0 Å². The first kappa shape index (κ1) is 15.0. The van der Waals surface area contributed by atoms with Crippen molar-refractivity contribution in [3.63, 3.8) is 0 Å². The van der Waals surface area contributed by atoms with Crippen LogP contribution in [0, 0.1) is 6.92 Å². The molecule has 3 nitrogen and oxygen atoms in total. The summed E-state index contributed by atoms with van der Waals surface area (Å²) in [6.07, 6.45) is 3.84. The summed E-state index contributed by atoms with van der Waals surface area (Å²) < 4.78 is 0. The molecule has 1 heterocycles. The van der Waals surface area contributed by atoms with Gasteiger partial charge in [-0.05, 0) is 45.1 Å². The summed E-state index contributed by atoms with van der Waals surface area (Å²) in [7, 11) is 0. The number of hydrogen-bond acceptors (Lipinski definition) is 2. The molecule has 1 aliphatic heterocycles. The molecule has 0 aliphatic carbocycles. The molecule has 1 N–H and O–H groups in total. The highest BCUT2D eigenvalue weighted by Gasteiger charge is 2.28. The van der Waals surface area contributed by atoms with Crippen molar-refractivity contribution in [2.24, 2.45) is 0 Å². The molecule has 20 heavy (non-hydrogen) atoms. The van der Waals surface area contributed by atoms with Gasteiger partial charge in [0.1, 0.15) is 0 Å². The van der Waals surface area contributed by atoms with Gasteiger partial charge in [0.15, 0.2) is 0 Å². The van der Waals surface area contributed by atoms with Gasteiger partial charge in [0.05, 0.1) is 6.10 Å². The highest BCUT2D eigenvalue weighted by Crippen LogP contribution is 2.22. The molecule has 1 fully saturated rings. The first-order valence-electron chi connectivity index (χ1n) is 7.59. The molecule has 2 atom stereocenters. The number of carbonyl (C=O) groups excluding carboxylic acids is 1. The fourth-order valence-electron chi connectivity index (χ4n) is 3.07. The molecule has 0 aromatic heterocycles. The van der Waals surface area contributed by atoms with E-state index in [-0.39, 0.29) is 18.1 Å². The molecular weight excluding hydrogens is 250 g/mol. The maximum atomic E-state index is 12.3. The van der Waals surface area contributed by atoms with Crippen LogP contribution in [0.4, 0.5) is 0 Å². The van der Waals surface area contributed by atoms with Gasteiger partial charge in [0, 0.05) is 19.0 Å². The van der Waals surface area contributed by atoms with Gasteiger partial charge in [-0.1, -0.05) is 29.8 Å². The minimum atomic E-state index is -0.329. The van der Waals surface area contributed by atoms with Crippen molar-refractivity contribution in [3.05, 3.63) is 35.4 Å². The Morgan fingerprint density at radius 3 is 3.00 bits per heavy atom. The van der Waals surface area contributed by atoms with E-state index in [1.54, 1.807) is 6.92 Å². The number of likely N-dealkylation sites (tertiary alicyclic amines) is 1. The number of aryl methyl sites for hydroxylation is 2. The zero-order valence-corrected chi connectivity index (χ0v) is 12.5. The lowest BCUT2D eigenvalue weighted by Gasteiger charge is -2.25. The van der Waals surface area contributed by atoms with Gasteiger partial charge in [-0.2, -0.15) is 0 Å². The number of rotatable bonds is 5. The van der Waals surface area contributed by atoms with Gasteiger partial charge in [-0.25, -0.2) is 0 Å². The van der Waals surface area contributed by atoms with E-state index in [2.05, 4.69) is 25.1 Å². The van der Waals surface area contributed by atoms with Crippen LogP contribution in [-0.2, 0) is 11.2 Å². The highest BCUT2D eigenvalue weighted by atomic mass is 16.3. The van der Waals surface area contributed by atoms with Crippen molar-refractivity contribution in [2.45, 2.75) is 58.1 Å². The SMILES string of the molecule is Cc1cccc(CCC(=O)N2CCCC2CC(C)O)c1. The second kappa shape index (κ2) is 6.89. The molecule has 1 aliphatic rings. The van der Waals surface area contributed by atoms with Gasteiger partial charge in [0.2, 0.25) is 5.91 Å². The van der Waals surface area contributed by atoms with Crippen LogP contribution in [0.2, 0.25) is 0 Å². The van der Waals surface area contributed by atoms with Gasteiger partial charge in [-0.15, -0.1) is 0 Å². The maximum absolute atomic E-state index is 12.3. The fraction of sp³-hybridized carbons (Fsp3) is 0.588. The number of hydrogen-bond donors (Lipinski definition) is 1. The minimum absolute atomic E-state index is 0.231. The quantitative estimate of drug-likeness (QED) is 0.897. The van der Waals surface area contributed by atoms with Crippen molar-refractivity contribution in [1.29, 1.82) is 0 Å². The van der Waals surface area contributed by atoms with Gasteiger partial charge < -0.3 is 10.0 Å². The molecule has 0 radical (unpaired) electrons. The standard InChI is InChI=1S/C17H25NO2/c1-13-5-3-6-15(11-13)8-9-17(20)18-10-4-7-16(18)12-14(2)19/h3,5-6,11,14,16,19H,4,7-10,12H2,1-2H3. The predicted octanol–water partition coefficient (Wildman–Crippen LogP) is 2.69. The van der Waals surface area contributed by atoms with Crippen LogP contribution < -0.4 is 0 Å². The molecule has 1 amide bonds. The van der Waals surface area contributed by atoms with Crippen molar-refractivity contribution < 1.29 is 9.90 Å². The van der Waals surface area contributed by atoms with E-state index < -0.39 is 0 Å². The van der Waals surface area contributed by atoms with Crippen LogP contribution in [0.15, 0.2) is 24.3 Å². The van der Waals surface area contributed by atoms with Crippen LogP contribution >= 0.6 is 0 Å². The number of aliphatic hydroxyl groups excluding tert-OH is 1. The highest BCUT2D eigenvalue weighted by molar-refractivity contribution is 5.77. The van der Waals surface area contributed by atoms with Crippen LogP contribution in [0.3, 0.4) is 0 Å². The summed E-state index contributed by atoms with van der Waals surface area (Å²) in [4.78, 5) is 14.3. The summed E-state index contributed by atoms with van der Waals surface area (Å²) in [6.45, 7) is 4.72. The van der Waals surface area contributed by atoms with Crippen LogP contribution in [0.1, 0.15) is 43.7 Å². The van der Waals surface area contributed by atoms with Gasteiger partial charge >= 0.3 is 0 Å². The molecule has 1 saturated heterocycles. The third-order valence-corrected chi connectivity index (χ3v) is 4.02. The Labute approximate surface area is 121 Å². The second-order valence-corrected chi connectivity index (χ2v) is 5.96. The first-order chi connectivity index (χ1) is 9.56. The Morgan fingerprint density at radius 1 is 1.50 bits per heavy atom. The lowest BCUT2D eigenvalue weighted by Crippen LogP contribution is -2.37. The average Bonchev–Trinajstić information content (AvgIpc) is 2.83. The van der Waals surface area contributed by atoms with E-state index >= 15 is 0 Å². The Hall–Kier alpha value is -1.35. The lowest BCUT2D eigenvalue weighted by molar-refractivity contribution is -0.132. The largest absolute Gasteiger partial charge is 0.393 e. The monoisotopic (exact) mass is 275 g/mol. The molecule has 0 bridgehead atoms. The predicted molar refractivity (Wildman–Crippen MR) is 80.5 cm³/mol. The molecule has 1 aromatic carbocycles. The molecule has 0 saturated carbocycles. The normalized spacial score (nSPS) is 20.1. The Balaban J connectivity index is 1.88. The summed E-state index contributed by atoms with van der Waals surface area (Å²) in [6, 6.07) is 8.58. The van der Waals surface area contributed by atoms with Gasteiger partial charge in [-0.3, -0.25) is 4.79 Å². The van der Waals surface area contributed by atoms with Crippen LogP contribution in [0.5, 0.6) is 0 Å². The Morgan fingerprint density at radius 2 is 2.30 bits per heavy atom. The Kier molecular flexibility index (Phi) is 5.18.